The van der Waals surface area contributed by atoms with Gasteiger partial charge in [0.25, 0.3) is 5.78 Å². The van der Waals surface area contributed by atoms with Gasteiger partial charge in [0.15, 0.2) is 23.1 Å². The third-order valence-electron chi connectivity index (χ3n) is 6.13. The molecule has 14 heteroatoms. The molecule has 1 amide bonds. The van der Waals surface area contributed by atoms with Gasteiger partial charge in [-0.05, 0) is 18.4 Å². The molecule has 1 aromatic carbocycles. The van der Waals surface area contributed by atoms with E-state index < -0.39 is 46.7 Å². The number of alkyl halides is 3. The predicted octanol–water partition coefficient (Wildman–Crippen LogP) is 3.41. The highest BCUT2D eigenvalue weighted by Crippen LogP contribution is 2.35. The zero-order valence-electron chi connectivity index (χ0n) is 20.5. The van der Waals surface area contributed by atoms with Crippen molar-refractivity contribution in [1.29, 1.82) is 0 Å². The number of ether oxygens (including phenoxy) is 2. The highest BCUT2D eigenvalue weighted by Gasteiger charge is 2.42. The first-order chi connectivity index (χ1) is 18.4. The summed E-state index contributed by atoms with van der Waals surface area (Å²) in [5.41, 5.74) is 3.76. The van der Waals surface area contributed by atoms with Crippen LogP contribution in [0.5, 0.6) is 11.5 Å². The fraction of sp³-hybridized carbons (Fsp3) is 0.280. The lowest BCUT2D eigenvalue weighted by atomic mass is 10.1. The number of ketones is 1. The van der Waals surface area contributed by atoms with Crippen molar-refractivity contribution in [3.63, 3.8) is 0 Å². The molecule has 0 radical (unpaired) electrons. The molecule has 1 fully saturated rings. The van der Waals surface area contributed by atoms with E-state index in [-0.39, 0.29) is 53.4 Å². The van der Waals surface area contributed by atoms with E-state index in [0.717, 1.165) is 31.0 Å². The molecule has 4 rings (SSSR count). The number of halogens is 5. The molecule has 0 aliphatic carbocycles. The number of Topliss-reactive ketones (excluding diaryl/α,β-unsaturated/α-hetero) is 1. The number of amides is 1. The Labute approximate surface area is 218 Å². The molecule has 0 unspecified atom stereocenters. The third kappa shape index (κ3) is 4.83. The van der Waals surface area contributed by atoms with Crippen LogP contribution < -0.4 is 15.2 Å². The molecule has 2 N–H and O–H groups in total. The summed E-state index contributed by atoms with van der Waals surface area (Å²) >= 11 is 0. The maximum absolute atomic E-state index is 14.8. The fourth-order valence-corrected chi connectivity index (χ4v) is 4.25. The van der Waals surface area contributed by atoms with Gasteiger partial charge >= 0.3 is 6.18 Å². The van der Waals surface area contributed by atoms with Crippen LogP contribution >= 0.6 is 0 Å². The van der Waals surface area contributed by atoms with Crippen LogP contribution in [0.4, 0.5) is 27.8 Å². The van der Waals surface area contributed by atoms with E-state index in [2.05, 4.69) is 28.5 Å². The summed E-state index contributed by atoms with van der Waals surface area (Å²) in [6, 6.07) is 0.298. The second-order valence-corrected chi connectivity index (χ2v) is 8.37. The van der Waals surface area contributed by atoms with Crippen molar-refractivity contribution >= 4 is 28.4 Å². The number of nitrogens with zero attached hydrogens (tertiary/aromatic N) is 4. The van der Waals surface area contributed by atoms with Gasteiger partial charge in [-0.25, -0.2) is 13.8 Å². The van der Waals surface area contributed by atoms with Gasteiger partial charge in [-0.3, -0.25) is 14.3 Å². The summed E-state index contributed by atoms with van der Waals surface area (Å²) in [7, 11) is 2.30. The summed E-state index contributed by atoms with van der Waals surface area (Å²) in [5.74, 6) is -1.25. The lowest BCUT2D eigenvalue weighted by molar-refractivity contribution is -0.125. The lowest BCUT2D eigenvalue weighted by Gasteiger charge is -2.16. The van der Waals surface area contributed by atoms with Gasteiger partial charge in [-0.2, -0.15) is 18.3 Å². The average Bonchev–Trinajstić information content (AvgIpc) is 3.54. The quantitative estimate of drug-likeness (QED) is 0.225. The van der Waals surface area contributed by atoms with E-state index in [4.69, 9.17) is 15.2 Å². The highest BCUT2D eigenvalue weighted by molar-refractivity contribution is 6.12. The van der Waals surface area contributed by atoms with Gasteiger partial charge in [0.1, 0.15) is 17.1 Å². The van der Waals surface area contributed by atoms with E-state index in [9.17, 15) is 31.5 Å². The number of anilines is 1. The largest absolute Gasteiger partial charge is 0.493 e. The van der Waals surface area contributed by atoms with Crippen LogP contribution in [-0.2, 0) is 4.79 Å². The number of nitrogens with two attached hydrogens (primary N) is 1. The molecule has 3 heterocycles. The molecule has 39 heavy (non-hydrogen) atoms. The third-order valence-corrected chi connectivity index (χ3v) is 6.13. The predicted molar refractivity (Wildman–Crippen MR) is 128 cm³/mol. The number of likely N-dealkylation sites (tertiary alicyclic amines) is 1. The van der Waals surface area contributed by atoms with E-state index in [1.807, 2.05) is 0 Å². The van der Waals surface area contributed by atoms with Gasteiger partial charge in [0.2, 0.25) is 5.91 Å². The van der Waals surface area contributed by atoms with Gasteiger partial charge in [-0.15, -0.1) is 0 Å². The Kier molecular flexibility index (Phi) is 7.18. The number of fused-ring (bicyclic) bond motifs is 1. The van der Waals surface area contributed by atoms with Crippen molar-refractivity contribution in [3.8, 4) is 23.3 Å². The number of carbonyl (C=O) groups excluding carboxylic acids is 2. The second-order valence-electron chi connectivity index (χ2n) is 8.37. The Balaban J connectivity index is 1.97. The van der Waals surface area contributed by atoms with Crippen molar-refractivity contribution in [2.45, 2.75) is 18.6 Å². The van der Waals surface area contributed by atoms with Crippen LogP contribution in [0.1, 0.15) is 34.1 Å². The van der Waals surface area contributed by atoms with Crippen LogP contribution in [0.3, 0.4) is 0 Å². The average molecular weight is 549 g/mol. The molecule has 9 nitrogen and oxygen atoms in total. The Morgan fingerprint density at radius 2 is 1.82 bits per heavy atom. The first-order valence-corrected chi connectivity index (χ1v) is 11.2. The molecule has 0 saturated carbocycles. The van der Waals surface area contributed by atoms with Crippen molar-refractivity contribution in [3.05, 3.63) is 53.4 Å². The molecule has 1 aliphatic heterocycles. The SMILES string of the molecule is C=CC(=O)N1CC[C@H](n2nc(C#Cc3c(F)c(OC)cc(OC)c3F)c3c(N)ncc(C(=O)C(F)(F)F)c32)C1. The minimum Gasteiger partial charge on any atom is -0.493 e. The van der Waals surface area contributed by atoms with E-state index >= 15 is 0 Å². The molecule has 0 bridgehead atoms. The Morgan fingerprint density at radius 1 is 1.18 bits per heavy atom. The minimum absolute atomic E-state index is 0.0344. The zero-order chi connectivity index (χ0) is 28.6. The van der Waals surface area contributed by atoms with Gasteiger partial charge in [-0.1, -0.05) is 12.5 Å². The summed E-state index contributed by atoms with van der Waals surface area (Å²) in [6.07, 6.45) is -3.22. The summed E-state index contributed by atoms with van der Waals surface area (Å²) in [6.45, 7) is 3.69. The smallest absolute Gasteiger partial charge is 0.455 e. The van der Waals surface area contributed by atoms with Crippen molar-refractivity contribution < 1.29 is 41.0 Å². The first kappa shape index (κ1) is 27.4. The zero-order valence-corrected chi connectivity index (χ0v) is 20.5. The molecule has 3 aromatic rings. The van der Waals surface area contributed by atoms with Crippen LogP contribution in [0, 0.1) is 23.5 Å². The molecule has 1 aliphatic rings. The number of pyridine rings is 1. The first-order valence-electron chi connectivity index (χ1n) is 11.2. The molecule has 1 atom stereocenters. The topological polar surface area (TPSA) is 113 Å². The Bertz CT molecular complexity index is 1540. The molecule has 1 saturated heterocycles. The van der Waals surface area contributed by atoms with Crippen LogP contribution in [0.25, 0.3) is 10.9 Å². The number of rotatable bonds is 5. The summed E-state index contributed by atoms with van der Waals surface area (Å²) in [4.78, 5) is 29.5. The highest BCUT2D eigenvalue weighted by atomic mass is 19.4. The molecule has 2 aromatic heterocycles. The molecule has 204 valence electrons. The normalized spacial score (nSPS) is 15.2. The van der Waals surface area contributed by atoms with Crippen molar-refractivity contribution in [1.82, 2.24) is 19.7 Å². The number of benzene rings is 1. The van der Waals surface area contributed by atoms with Gasteiger partial charge < -0.3 is 20.1 Å². The second kappa shape index (κ2) is 10.2. The van der Waals surface area contributed by atoms with E-state index in [1.165, 1.54) is 4.90 Å². The van der Waals surface area contributed by atoms with Crippen molar-refractivity contribution in [2.75, 3.05) is 33.0 Å². The molecular formula is C25H20F5N5O4. The van der Waals surface area contributed by atoms with Crippen LogP contribution in [-0.4, -0.2) is 64.8 Å². The number of nitrogen functional groups attached to an aromatic ring is 1. The lowest BCUT2D eigenvalue weighted by Crippen LogP contribution is -2.28. The van der Waals surface area contributed by atoms with Gasteiger partial charge in [0, 0.05) is 25.4 Å². The standard InChI is InChI=1S/C25H20F5N5O4/c1-4-18(36)34-8-7-12(11-34)35-22-14(23(37)25(28,29)30)10-32-24(31)19(22)15(33-35)6-5-13-20(26)16(38-2)9-17(39-3)21(13)27/h4,9-10,12H,1,7-8,11H2,2-3H3,(H2,31,32)/t12-/m0/s1. The number of carbonyl (C=O) groups is 2. The van der Waals surface area contributed by atoms with Gasteiger partial charge in [0.05, 0.1) is 36.7 Å². The maximum Gasteiger partial charge on any atom is 0.455 e. The number of aromatic nitrogens is 3. The summed E-state index contributed by atoms with van der Waals surface area (Å²) in [5, 5.41) is 4.05. The Hall–Kier alpha value is -4.67. The van der Waals surface area contributed by atoms with E-state index in [1.54, 1.807) is 0 Å². The number of hydrogen-bond acceptors (Lipinski definition) is 7. The summed E-state index contributed by atoms with van der Waals surface area (Å²) < 4.78 is 81.0. The monoisotopic (exact) mass is 549 g/mol. The Morgan fingerprint density at radius 3 is 2.38 bits per heavy atom. The van der Waals surface area contributed by atoms with Crippen molar-refractivity contribution in [2.24, 2.45) is 0 Å². The van der Waals surface area contributed by atoms with Crippen LogP contribution in [0.2, 0.25) is 0 Å². The molecular weight excluding hydrogens is 529 g/mol. The van der Waals surface area contributed by atoms with Crippen LogP contribution in [0.15, 0.2) is 24.9 Å². The molecule has 0 spiro atoms. The van der Waals surface area contributed by atoms with E-state index in [0.29, 0.717) is 6.20 Å². The maximum atomic E-state index is 14.8. The minimum atomic E-state index is -5.25. The number of methoxy groups -OCH3 is 2. The fourth-order valence-electron chi connectivity index (χ4n) is 4.25. The number of hydrogen-bond donors (Lipinski definition) is 1.